The number of fused-ring (bicyclic) bond motifs is 2. The van der Waals surface area contributed by atoms with Crippen molar-refractivity contribution in [2.75, 3.05) is 39.8 Å². The van der Waals surface area contributed by atoms with Gasteiger partial charge in [-0.3, -0.25) is 9.59 Å². The number of benzene rings is 2. The zero-order valence-corrected chi connectivity index (χ0v) is 18.4. The van der Waals surface area contributed by atoms with Crippen LogP contribution in [0.3, 0.4) is 0 Å². The Morgan fingerprint density at radius 3 is 2.52 bits per heavy atom. The van der Waals surface area contributed by atoms with Gasteiger partial charge >= 0.3 is 0 Å². The van der Waals surface area contributed by atoms with Gasteiger partial charge in [0, 0.05) is 34.8 Å². The third-order valence-electron chi connectivity index (χ3n) is 7.06. The van der Waals surface area contributed by atoms with Gasteiger partial charge < -0.3 is 19.3 Å². The first-order chi connectivity index (χ1) is 15.0. The molecule has 2 aromatic carbocycles. The van der Waals surface area contributed by atoms with Crippen LogP contribution in [0.1, 0.15) is 33.2 Å². The predicted molar refractivity (Wildman–Crippen MR) is 120 cm³/mol. The molecule has 2 aliphatic heterocycles. The van der Waals surface area contributed by atoms with Crippen LogP contribution in [0.15, 0.2) is 48.5 Å². The molecule has 1 saturated heterocycles. The highest BCUT2D eigenvalue weighted by Crippen LogP contribution is 2.43. The fourth-order valence-electron chi connectivity index (χ4n) is 5.12. The topological polar surface area (TPSA) is 50.0 Å². The Morgan fingerprint density at radius 1 is 1.06 bits per heavy atom. The van der Waals surface area contributed by atoms with Crippen molar-refractivity contribution in [1.29, 1.82) is 0 Å². The minimum absolute atomic E-state index is 0.0385. The summed E-state index contributed by atoms with van der Waals surface area (Å²) in [6.45, 7) is 5.61. The number of nitrogens with one attached hydrogen (secondary N) is 1. The number of quaternary nitrogens is 1. The number of aromatic nitrogens is 1. The van der Waals surface area contributed by atoms with Gasteiger partial charge in [0.1, 0.15) is 6.54 Å². The summed E-state index contributed by atoms with van der Waals surface area (Å²) < 4.78 is 2.18. The van der Waals surface area contributed by atoms with E-state index in [4.69, 9.17) is 0 Å². The van der Waals surface area contributed by atoms with E-state index >= 15 is 0 Å². The quantitative estimate of drug-likeness (QED) is 0.700. The van der Waals surface area contributed by atoms with Crippen molar-refractivity contribution >= 4 is 22.7 Å². The van der Waals surface area contributed by atoms with Gasteiger partial charge in [0.05, 0.1) is 39.3 Å². The summed E-state index contributed by atoms with van der Waals surface area (Å²) in [5.74, 6) is -0.0161. The molecule has 0 radical (unpaired) electrons. The van der Waals surface area contributed by atoms with Crippen molar-refractivity contribution in [3.8, 4) is 0 Å². The van der Waals surface area contributed by atoms with E-state index in [0.29, 0.717) is 5.56 Å². The number of aryl methyl sites for hydroxylation is 1. The standard InChI is InChI=1S/C25H28N4O2/c1-17-23(20-10-6-7-11-21(20)27(17)3)24-18-8-4-5-9-19(18)25(31)29(24)16-22(30)28-14-12-26(2)13-15-28/h4-11,24H,12-16H2,1-3H3/p+1/t24-/m1/s1. The fraction of sp³-hybridized carbons (Fsp3) is 0.360. The van der Waals surface area contributed by atoms with Gasteiger partial charge in [-0.1, -0.05) is 36.4 Å². The summed E-state index contributed by atoms with van der Waals surface area (Å²) in [4.78, 5) is 31.8. The maximum Gasteiger partial charge on any atom is 0.255 e. The molecule has 0 bridgehead atoms. The maximum atomic E-state index is 13.4. The number of piperazine rings is 1. The molecule has 1 N–H and O–H groups in total. The summed E-state index contributed by atoms with van der Waals surface area (Å²) in [5.41, 5.74) is 5.07. The van der Waals surface area contributed by atoms with E-state index in [1.54, 1.807) is 4.90 Å². The number of hydrogen-bond donors (Lipinski definition) is 1. The smallest absolute Gasteiger partial charge is 0.255 e. The molecule has 1 fully saturated rings. The first kappa shape index (κ1) is 19.8. The Morgan fingerprint density at radius 2 is 1.74 bits per heavy atom. The number of likely N-dealkylation sites (N-methyl/N-ethyl adjacent to an activating group) is 1. The van der Waals surface area contributed by atoms with Crippen LogP contribution < -0.4 is 4.90 Å². The lowest BCUT2D eigenvalue weighted by atomic mass is 9.95. The highest BCUT2D eigenvalue weighted by molar-refractivity contribution is 6.02. The zero-order valence-electron chi connectivity index (χ0n) is 18.4. The van der Waals surface area contributed by atoms with E-state index in [9.17, 15) is 9.59 Å². The van der Waals surface area contributed by atoms with Crippen LogP contribution in [0, 0.1) is 6.92 Å². The van der Waals surface area contributed by atoms with Crippen LogP contribution in [0.5, 0.6) is 0 Å². The first-order valence-corrected chi connectivity index (χ1v) is 11.0. The molecule has 2 amide bonds. The summed E-state index contributed by atoms with van der Waals surface area (Å²) >= 11 is 0. The number of hydrogen-bond acceptors (Lipinski definition) is 2. The van der Waals surface area contributed by atoms with Gasteiger partial charge in [-0.05, 0) is 24.6 Å². The Labute approximate surface area is 182 Å². The third-order valence-corrected chi connectivity index (χ3v) is 7.06. The largest absolute Gasteiger partial charge is 0.348 e. The van der Waals surface area contributed by atoms with Gasteiger partial charge in [-0.2, -0.15) is 0 Å². The van der Waals surface area contributed by atoms with E-state index < -0.39 is 0 Å². The van der Waals surface area contributed by atoms with Gasteiger partial charge in [0.15, 0.2) is 0 Å². The molecule has 1 atom stereocenters. The first-order valence-electron chi connectivity index (χ1n) is 11.0. The van der Waals surface area contributed by atoms with Crippen LogP contribution in [-0.2, 0) is 11.8 Å². The van der Waals surface area contributed by atoms with Crippen molar-refractivity contribution in [3.05, 3.63) is 70.9 Å². The third kappa shape index (κ3) is 3.13. The van der Waals surface area contributed by atoms with E-state index in [-0.39, 0.29) is 24.4 Å². The highest BCUT2D eigenvalue weighted by Gasteiger charge is 2.41. The van der Waals surface area contributed by atoms with Crippen LogP contribution in [0.2, 0.25) is 0 Å². The second-order valence-electron chi connectivity index (χ2n) is 8.84. The van der Waals surface area contributed by atoms with Crippen molar-refractivity contribution in [3.63, 3.8) is 0 Å². The lowest BCUT2D eigenvalue weighted by Crippen LogP contribution is -3.12. The minimum atomic E-state index is -0.253. The van der Waals surface area contributed by atoms with Crippen molar-refractivity contribution in [2.45, 2.75) is 13.0 Å². The predicted octanol–water partition coefficient (Wildman–Crippen LogP) is 1.39. The van der Waals surface area contributed by atoms with E-state index in [0.717, 1.165) is 53.9 Å². The molecule has 0 unspecified atom stereocenters. The zero-order chi connectivity index (χ0) is 21.7. The van der Waals surface area contributed by atoms with Crippen molar-refractivity contribution in [2.24, 2.45) is 7.05 Å². The molecular formula is C25H29N4O2+. The second kappa shape index (κ2) is 7.54. The van der Waals surface area contributed by atoms with Crippen LogP contribution >= 0.6 is 0 Å². The average molecular weight is 418 g/mol. The SMILES string of the molecule is Cc1c([C@H]2c3ccccc3C(=O)N2CC(=O)N2CC[NH+](C)CC2)c2ccccc2n1C. The average Bonchev–Trinajstić information content (AvgIpc) is 3.20. The summed E-state index contributed by atoms with van der Waals surface area (Å²) in [5, 5.41) is 1.14. The molecule has 5 rings (SSSR count). The molecule has 2 aliphatic rings. The summed E-state index contributed by atoms with van der Waals surface area (Å²) in [7, 11) is 4.22. The minimum Gasteiger partial charge on any atom is -0.348 e. The molecule has 6 nitrogen and oxygen atoms in total. The number of nitrogens with zero attached hydrogens (tertiary/aromatic N) is 3. The molecule has 0 saturated carbocycles. The fourth-order valence-corrected chi connectivity index (χ4v) is 5.12. The number of para-hydroxylation sites is 1. The number of carbonyl (C=O) groups is 2. The number of amides is 2. The van der Waals surface area contributed by atoms with Gasteiger partial charge in [0.25, 0.3) is 5.91 Å². The molecule has 6 heteroatoms. The summed E-state index contributed by atoms with van der Waals surface area (Å²) in [6.07, 6.45) is 0. The number of carbonyl (C=O) groups excluding carboxylic acids is 2. The van der Waals surface area contributed by atoms with E-state index in [1.807, 2.05) is 41.3 Å². The molecule has 31 heavy (non-hydrogen) atoms. The molecule has 3 heterocycles. The molecular weight excluding hydrogens is 388 g/mol. The van der Waals surface area contributed by atoms with Gasteiger partial charge in [-0.25, -0.2) is 0 Å². The maximum absolute atomic E-state index is 13.4. The van der Waals surface area contributed by atoms with E-state index in [2.05, 4.69) is 37.7 Å². The van der Waals surface area contributed by atoms with Crippen molar-refractivity contribution in [1.82, 2.24) is 14.4 Å². The monoisotopic (exact) mass is 417 g/mol. The Balaban J connectivity index is 1.58. The highest BCUT2D eigenvalue weighted by atomic mass is 16.2. The molecule has 160 valence electrons. The lowest BCUT2D eigenvalue weighted by Gasteiger charge is -2.33. The Kier molecular flexibility index (Phi) is 4.82. The van der Waals surface area contributed by atoms with Crippen LogP contribution in [0.4, 0.5) is 0 Å². The van der Waals surface area contributed by atoms with Crippen molar-refractivity contribution < 1.29 is 14.5 Å². The van der Waals surface area contributed by atoms with E-state index in [1.165, 1.54) is 4.90 Å². The van der Waals surface area contributed by atoms with Gasteiger partial charge in [-0.15, -0.1) is 0 Å². The Hall–Kier alpha value is -3.12. The second-order valence-corrected chi connectivity index (χ2v) is 8.84. The Bertz CT molecular complexity index is 1170. The lowest BCUT2D eigenvalue weighted by molar-refractivity contribution is -0.883. The molecule has 0 spiro atoms. The normalized spacial score (nSPS) is 19.3. The molecule has 0 aliphatic carbocycles. The molecule has 1 aromatic heterocycles. The summed E-state index contributed by atoms with van der Waals surface area (Å²) in [6, 6.07) is 15.8. The van der Waals surface area contributed by atoms with Crippen LogP contribution in [-0.4, -0.2) is 66.0 Å². The van der Waals surface area contributed by atoms with Gasteiger partial charge in [0.2, 0.25) is 5.91 Å². The van der Waals surface area contributed by atoms with Crippen LogP contribution in [0.25, 0.3) is 10.9 Å². The number of rotatable bonds is 3. The molecule has 3 aromatic rings.